The SMILES string of the molecule is COCCC(=O)N1CCN(c2nc(C3CC3)c(OC(C)c3ccccc3)cc2C#N)CC1C. The average Bonchev–Trinajstić information content (AvgIpc) is 3.68. The molecule has 1 aromatic heterocycles. The minimum atomic E-state index is -0.135. The molecule has 1 saturated carbocycles. The number of pyridine rings is 1. The number of amides is 1. The van der Waals surface area contributed by atoms with Gasteiger partial charge in [0.1, 0.15) is 23.7 Å². The summed E-state index contributed by atoms with van der Waals surface area (Å²) in [4.78, 5) is 21.5. The van der Waals surface area contributed by atoms with Crippen LogP contribution in [0.3, 0.4) is 0 Å². The molecule has 1 aromatic carbocycles. The minimum absolute atomic E-state index is 0.0369. The fourth-order valence-electron chi connectivity index (χ4n) is 4.40. The van der Waals surface area contributed by atoms with E-state index in [0.29, 0.717) is 55.7 Å². The number of methoxy groups -OCH3 is 1. The number of hydrogen-bond acceptors (Lipinski definition) is 6. The summed E-state index contributed by atoms with van der Waals surface area (Å²) < 4.78 is 11.4. The molecule has 7 nitrogen and oxygen atoms in total. The molecule has 33 heavy (non-hydrogen) atoms. The third-order valence-electron chi connectivity index (χ3n) is 6.42. The van der Waals surface area contributed by atoms with E-state index in [9.17, 15) is 10.1 Å². The molecule has 2 unspecified atom stereocenters. The monoisotopic (exact) mass is 448 g/mol. The van der Waals surface area contributed by atoms with Crippen molar-refractivity contribution in [1.29, 1.82) is 5.26 Å². The zero-order chi connectivity index (χ0) is 23.4. The van der Waals surface area contributed by atoms with Gasteiger partial charge in [-0.1, -0.05) is 30.3 Å². The molecule has 1 amide bonds. The van der Waals surface area contributed by atoms with E-state index in [4.69, 9.17) is 14.5 Å². The summed E-state index contributed by atoms with van der Waals surface area (Å²) in [5.74, 6) is 1.89. The zero-order valence-electron chi connectivity index (χ0n) is 19.7. The molecule has 0 N–H and O–H groups in total. The number of nitriles is 1. The quantitative estimate of drug-likeness (QED) is 0.606. The van der Waals surface area contributed by atoms with Gasteiger partial charge in [0.25, 0.3) is 0 Å². The van der Waals surface area contributed by atoms with Gasteiger partial charge in [0.15, 0.2) is 0 Å². The Bertz CT molecular complexity index is 1020. The van der Waals surface area contributed by atoms with Crippen molar-refractivity contribution >= 4 is 11.7 Å². The maximum absolute atomic E-state index is 12.5. The number of rotatable bonds is 8. The third-order valence-corrected chi connectivity index (χ3v) is 6.42. The first-order valence-corrected chi connectivity index (χ1v) is 11.7. The van der Waals surface area contributed by atoms with E-state index in [0.717, 1.165) is 24.1 Å². The summed E-state index contributed by atoms with van der Waals surface area (Å²) in [5, 5.41) is 9.92. The number of aromatic nitrogens is 1. The van der Waals surface area contributed by atoms with Crippen molar-refractivity contribution in [2.45, 2.75) is 51.2 Å². The molecule has 4 rings (SSSR count). The second kappa shape index (κ2) is 10.2. The number of ether oxygens (including phenoxy) is 2. The average molecular weight is 449 g/mol. The lowest BCUT2D eigenvalue weighted by Gasteiger charge is -2.41. The van der Waals surface area contributed by atoms with Gasteiger partial charge in [0.05, 0.1) is 24.3 Å². The Balaban J connectivity index is 1.55. The summed E-state index contributed by atoms with van der Waals surface area (Å²) in [6, 6.07) is 14.3. The Hall–Kier alpha value is -3.11. The largest absolute Gasteiger partial charge is 0.484 e. The van der Waals surface area contributed by atoms with Gasteiger partial charge < -0.3 is 19.3 Å². The molecule has 1 aliphatic heterocycles. The fraction of sp³-hybridized carbons (Fsp3) is 0.500. The van der Waals surface area contributed by atoms with Crippen molar-refractivity contribution in [1.82, 2.24) is 9.88 Å². The van der Waals surface area contributed by atoms with Crippen LogP contribution in [0, 0.1) is 11.3 Å². The van der Waals surface area contributed by atoms with E-state index in [2.05, 4.69) is 11.0 Å². The van der Waals surface area contributed by atoms with Gasteiger partial charge in [0, 0.05) is 44.8 Å². The number of piperazine rings is 1. The Morgan fingerprint density at radius 3 is 2.67 bits per heavy atom. The van der Waals surface area contributed by atoms with Gasteiger partial charge in [-0.2, -0.15) is 5.26 Å². The summed E-state index contributed by atoms with van der Waals surface area (Å²) >= 11 is 0. The van der Waals surface area contributed by atoms with Gasteiger partial charge in [-0.3, -0.25) is 4.79 Å². The van der Waals surface area contributed by atoms with Crippen LogP contribution in [0.4, 0.5) is 5.82 Å². The van der Waals surface area contributed by atoms with E-state index in [1.807, 2.05) is 55.1 Å². The molecular weight excluding hydrogens is 416 g/mol. The Morgan fingerprint density at radius 2 is 2.03 bits per heavy atom. The number of nitrogens with zero attached hydrogens (tertiary/aromatic N) is 4. The smallest absolute Gasteiger partial charge is 0.225 e. The normalized spacial score (nSPS) is 19.2. The van der Waals surface area contributed by atoms with Gasteiger partial charge in [0.2, 0.25) is 5.91 Å². The first-order valence-electron chi connectivity index (χ1n) is 11.7. The predicted octanol–water partition coefficient (Wildman–Crippen LogP) is 4.04. The first-order chi connectivity index (χ1) is 16.0. The molecule has 0 radical (unpaired) electrons. The van der Waals surface area contributed by atoms with E-state index in [1.54, 1.807) is 7.11 Å². The molecule has 2 aromatic rings. The lowest BCUT2D eigenvalue weighted by molar-refractivity contribution is -0.134. The van der Waals surface area contributed by atoms with Crippen molar-refractivity contribution < 1.29 is 14.3 Å². The molecule has 1 aliphatic carbocycles. The third kappa shape index (κ3) is 5.28. The topological polar surface area (TPSA) is 78.7 Å². The van der Waals surface area contributed by atoms with Crippen LogP contribution in [0.5, 0.6) is 5.75 Å². The van der Waals surface area contributed by atoms with Crippen molar-refractivity contribution in [2.75, 3.05) is 38.3 Å². The summed E-state index contributed by atoms with van der Waals surface area (Å²) in [7, 11) is 1.61. The van der Waals surface area contributed by atoms with E-state index >= 15 is 0 Å². The maximum atomic E-state index is 12.5. The summed E-state index contributed by atoms with van der Waals surface area (Å²) in [6.07, 6.45) is 2.43. The number of anilines is 1. The number of carbonyl (C=O) groups is 1. The Labute approximate surface area is 195 Å². The minimum Gasteiger partial charge on any atom is -0.484 e. The number of carbonyl (C=O) groups excluding carboxylic acids is 1. The molecule has 7 heteroatoms. The first kappa shape index (κ1) is 23.1. The van der Waals surface area contributed by atoms with Crippen LogP contribution >= 0.6 is 0 Å². The fourth-order valence-corrected chi connectivity index (χ4v) is 4.40. The highest BCUT2D eigenvalue weighted by atomic mass is 16.5. The Kier molecular flexibility index (Phi) is 7.14. The standard InChI is InChI=1S/C26H32N4O3/c1-18-17-29(12-13-30(18)24(31)11-14-32-3)26-22(16-27)15-23(25(28-26)21-9-10-21)33-19(2)20-7-5-4-6-8-20/h4-8,15,18-19,21H,9-14,17H2,1-3H3. The highest BCUT2D eigenvalue weighted by molar-refractivity contribution is 5.77. The van der Waals surface area contributed by atoms with Crippen LogP contribution in [-0.4, -0.2) is 55.2 Å². The maximum Gasteiger partial charge on any atom is 0.225 e. The van der Waals surface area contributed by atoms with E-state index in [1.165, 1.54) is 0 Å². The second-order valence-electron chi connectivity index (χ2n) is 8.92. The van der Waals surface area contributed by atoms with Crippen LogP contribution < -0.4 is 9.64 Å². The van der Waals surface area contributed by atoms with Crippen molar-refractivity contribution in [3.05, 3.63) is 53.2 Å². The number of benzene rings is 1. The van der Waals surface area contributed by atoms with Gasteiger partial charge in [-0.05, 0) is 32.3 Å². The molecule has 2 atom stereocenters. The molecule has 2 aliphatic rings. The van der Waals surface area contributed by atoms with Crippen molar-refractivity contribution in [3.8, 4) is 11.8 Å². The predicted molar refractivity (Wildman–Crippen MR) is 126 cm³/mol. The number of hydrogen-bond donors (Lipinski definition) is 0. The molecular formula is C26H32N4O3. The molecule has 2 heterocycles. The molecule has 2 fully saturated rings. The van der Waals surface area contributed by atoms with Gasteiger partial charge in [-0.25, -0.2) is 4.98 Å². The van der Waals surface area contributed by atoms with Crippen LogP contribution in [-0.2, 0) is 9.53 Å². The highest BCUT2D eigenvalue weighted by Gasteiger charge is 2.33. The van der Waals surface area contributed by atoms with Crippen molar-refractivity contribution in [2.24, 2.45) is 0 Å². The molecule has 0 spiro atoms. The summed E-state index contributed by atoms with van der Waals surface area (Å²) in [5.41, 5.74) is 2.55. The van der Waals surface area contributed by atoms with Gasteiger partial charge in [-0.15, -0.1) is 0 Å². The van der Waals surface area contributed by atoms with Crippen LogP contribution in [0.1, 0.15) is 62.0 Å². The molecule has 174 valence electrons. The lowest BCUT2D eigenvalue weighted by atomic mass is 10.1. The van der Waals surface area contributed by atoms with E-state index in [-0.39, 0.29) is 18.1 Å². The van der Waals surface area contributed by atoms with Crippen molar-refractivity contribution in [3.63, 3.8) is 0 Å². The second-order valence-corrected chi connectivity index (χ2v) is 8.92. The Morgan fingerprint density at radius 1 is 1.27 bits per heavy atom. The van der Waals surface area contributed by atoms with Gasteiger partial charge >= 0.3 is 0 Å². The lowest BCUT2D eigenvalue weighted by Crippen LogP contribution is -2.54. The van der Waals surface area contributed by atoms with Crippen LogP contribution in [0.15, 0.2) is 36.4 Å². The highest BCUT2D eigenvalue weighted by Crippen LogP contribution is 2.45. The zero-order valence-corrected chi connectivity index (χ0v) is 19.7. The summed E-state index contributed by atoms with van der Waals surface area (Å²) in [6.45, 7) is 6.40. The van der Waals surface area contributed by atoms with E-state index < -0.39 is 0 Å². The van der Waals surface area contributed by atoms with Crippen LogP contribution in [0.25, 0.3) is 0 Å². The molecule has 0 bridgehead atoms. The van der Waals surface area contributed by atoms with Crippen LogP contribution in [0.2, 0.25) is 0 Å². The molecule has 1 saturated heterocycles.